The summed E-state index contributed by atoms with van der Waals surface area (Å²) in [6.07, 6.45) is 3.42. The van der Waals surface area contributed by atoms with Crippen LogP contribution in [0.4, 0.5) is 5.82 Å². The monoisotopic (exact) mass is 349 g/mol. The minimum Gasteiger partial charge on any atom is -0.310 e. The number of alkyl halides is 2. The molecule has 120 valence electrons. The Morgan fingerprint density at radius 2 is 1.96 bits per heavy atom. The van der Waals surface area contributed by atoms with Crippen molar-refractivity contribution in [2.24, 2.45) is 5.41 Å². The molecule has 2 aliphatic carbocycles. The molecule has 0 saturated heterocycles. The van der Waals surface area contributed by atoms with Crippen LogP contribution in [0, 0.1) is 5.41 Å². The van der Waals surface area contributed by atoms with Gasteiger partial charge in [0.05, 0.1) is 16.8 Å². The molecule has 1 unspecified atom stereocenters. The largest absolute Gasteiger partial charge is 0.310 e. The lowest BCUT2D eigenvalue weighted by atomic mass is 10.1. The van der Waals surface area contributed by atoms with Crippen LogP contribution in [0.5, 0.6) is 0 Å². The fraction of sp³-hybridized carbons (Fsp3) is 0.412. The molecular formula is C17H17Cl2N3O. The minimum atomic E-state index is -0.974. The molecule has 1 heterocycles. The van der Waals surface area contributed by atoms with E-state index < -0.39 is 9.75 Å². The van der Waals surface area contributed by atoms with Crippen molar-refractivity contribution in [2.75, 3.05) is 5.32 Å². The van der Waals surface area contributed by atoms with Crippen LogP contribution in [0.2, 0.25) is 0 Å². The molecule has 0 aliphatic heterocycles. The number of fused-ring (bicyclic) bond motifs is 1. The van der Waals surface area contributed by atoms with Gasteiger partial charge in [-0.05, 0) is 44.7 Å². The highest BCUT2D eigenvalue weighted by Gasteiger charge is 2.68. The summed E-state index contributed by atoms with van der Waals surface area (Å²) in [6, 6.07) is 9.82. The number of halogens is 2. The number of benzene rings is 1. The fourth-order valence-corrected chi connectivity index (χ4v) is 3.87. The van der Waals surface area contributed by atoms with Crippen LogP contribution < -0.4 is 5.32 Å². The van der Waals surface area contributed by atoms with Crippen molar-refractivity contribution in [2.45, 2.75) is 36.9 Å². The second-order valence-electron chi connectivity index (χ2n) is 6.54. The van der Waals surface area contributed by atoms with Gasteiger partial charge >= 0.3 is 0 Å². The highest BCUT2D eigenvalue weighted by atomic mass is 35.5. The van der Waals surface area contributed by atoms with Crippen molar-refractivity contribution in [3.05, 3.63) is 41.6 Å². The molecule has 4 rings (SSSR count). The summed E-state index contributed by atoms with van der Waals surface area (Å²) in [6.45, 7) is 1.80. The van der Waals surface area contributed by atoms with E-state index in [0.29, 0.717) is 6.42 Å². The third kappa shape index (κ3) is 2.27. The van der Waals surface area contributed by atoms with Crippen molar-refractivity contribution in [3.63, 3.8) is 0 Å². The van der Waals surface area contributed by atoms with Gasteiger partial charge in [-0.2, -0.15) is 5.10 Å². The van der Waals surface area contributed by atoms with Gasteiger partial charge in [0.25, 0.3) is 0 Å². The summed E-state index contributed by atoms with van der Waals surface area (Å²) in [4.78, 5) is 12.7. The maximum absolute atomic E-state index is 12.7. The Hall–Kier alpha value is -1.52. The summed E-state index contributed by atoms with van der Waals surface area (Å²) < 4.78 is 0.843. The van der Waals surface area contributed by atoms with Gasteiger partial charge in [0.15, 0.2) is 0 Å². The SMILES string of the molecule is CC1(C(=O)Nc2c3c(nn2-c2ccccc2)CCC3)CC1(Cl)Cl. The van der Waals surface area contributed by atoms with Gasteiger partial charge in [-0.15, -0.1) is 23.2 Å². The predicted molar refractivity (Wildman–Crippen MR) is 91.4 cm³/mol. The Morgan fingerprint density at radius 3 is 2.61 bits per heavy atom. The molecule has 1 aromatic heterocycles. The molecule has 1 atom stereocenters. The van der Waals surface area contributed by atoms with E-state index in [1.54, 1.807) is 6.92 Å². The maximum atomic E-state index is 12.7. The summed E-state index contributed by atoms with van der Waals surface area (Å²) in [5, 5.41) is 7.73. The molecule has 0 spiro atoms. The summed E-state index contributed by atoms with van der Waals surface area (Å²) in [7, 11) is 0. The van der Waals surface area contributed by atoms with Crippen LogP contribution in [-0.4, -0.2) is 20.0 Å². The molecule has 1 fully saturated rings. The van der Waals surface area contributed by atoms with Crippen LogP contribution >= 0.6 is 23.2 Å². The Bertz CT molecular complexity index is 785. The molecule has 1 aromatic carbocycles. The normalized spacial score (nSPS) is 24.3. The van der Waals surface area contributed by atoms with Gasteiger partial charge in [-0.1, -0.05) is 18.2 Å². The van der Waals surface area contributed by atoms with Crippen LogP contribution in [-0.2, 0) is 17.6 Å². The molecule has 1 amide bonds. The van der Waals surface area contributed by atoms with E-state index in [9.17, 15) is 4.79 Å². The number of aromatic nitrogens is 2. The summed E-state index contributed by atoms with van der Waals surface area (Å²) in [5.74, 6) is 0.611. The van der Waals surface area contributed by atoms with E-state index in [-0.39, 0.29) is 5.91 Å². The molecule has 23 heavy (non-hydrogen) atoms. The molecule has 2 aromatic rings. The van der Waals surface area contributed by atoms with E-state index in [2.05, 4.69) is 10.4 Å². The first-order valence-electron chi connectivity index (χ1n) is 7.78. The molecule has 1 saturated carbocycles. The minimum absolute atomic E-state index is 0.144. The number of nitrogens with one attached hydrogen (secondary N) is 1. The molecule has 6 heteroatoms. The van der Waals surface area contributed by atoms with E-state index >= 15 is 0 Å². The van der Waals surface area contributed by atoms with Gasteiger partial charge in [-0.25, -0.2) is 4.68 Å². The number of anilines is 1. The first kappa shape index (κ1) is 15.0. The van der Waals surface area contributed by atoms with Crippen molar-refractivity contribution in [3.8, 4) is 5.69 Å². The zero-order valence-corrected chi connectivity index (χ0v) is 14.3. The number of carbonyl (C=O) groups excluding carboxylic acids is 1. The lowest BCUT2D eigenvalue weighted by Gasteiger charge is -2.15. The fourth-order valence-electron chi connectivity index (χ4n) is 3.17. The number of hydrogen-bond acceptors (Lipinski definition) is 2. The van der Waals surface area contributed by atoms with Gasteiger partial charge in [-0.3, -0.25) is 4.79 Å². The van der Waals surface area contributed by atoms with Crippen molar-refractivity contribution >= 4 is 34.9 Å². The average Bonchev–Trinajstić information content (AvgIpc) is 2.89. The topological polar surface area (TPSA) is 46.9 Å². The number of rotatable bonds is 3. The second-order valence-corrected chi connectivity index (χ2v) is 8.03. The predicted octanol–water partition coefficient (Wildman–Crippen LogP) is 3.88. The molecular weight excluding hydrogens is 333 g/mol. The number of aryl methyl sites for hydroxylation is 1. The first-order chi connectivity index (χ1) is 10.9. The van der Waals surface area contributed by atoms with Gasteiger partial charge in [0, 0.05) is 5.56 Å². The highest BCUT2D eigenvalue weighted by Crippen LogP contribution is 2.64. The Morgan fingerprint density at radius 1 is 1.26 bits per heavy atom. The van der Waals surface area contributed by atoms with Crippen molar-refractivity contribution in [1.82, 2.24) is 9.78 Å². The average molecular weight is 350 g/mol. The van der Waals surface area contributed by atoms with Crippen molar-refractivity contribution < 1.29 is 4.79 Å². The van der Waals surface area contributed by atoms with Gasteiger partial charge in [0.1, 0.15) is 10.2 Å². The zero-order chi connectivity index (χ0) is 16.2. The second kappa shape index (κ2) is 4.99. The number of para-hydroxylation sites is 1. The number of carbonyl (C=O) groups is 1. The van der Waals surface area contributed by atoms with E-state index in [1.807, 2.05) is 35.0 Å². The molecule has 0 bridgehead atoms. The Balaban J connectivity index is 1.72. The third-order valence-corrected chi connectivity index (χ3v) is 6.00. The standard InChI is InChI=1S/C17H17Cl2N3O/c1-16(10-17(16,18)19)15(23)20-14-12-8-5-9-13(12)21-22(14)11-6-3-2-4-7-11/h2-4,6-7H,5,8-10H2,1H3,(H,20,23). The summed E-state index contributed by atoms with van der Waals surface area (Å²) >= 11 is 12.3. The quantitative estimate of drug-likeness (QED) is 0.854. The maximum Gasteiger partial charge on any atom is 0.234 e. The van der Waals surface area contributed by atoms with Crippen LogP contribution in [0.3, 0.4) is 0 Å². The van der Waals surface area contributed by atoms with E-state index in [4.69, 9.17) is 23.2 Å². The van der Waals surface area contributed by atoms with E-state index in [0.717, 1.165) is 42.0 Å². The van der Waals surface area contributed by atoms with Gasteiger partial charge < -0.3 is 5.32 Å². The Kier molecular flexibility index (Phi) is 3.26. The third-order valence-electron chi connectivity index (χ3n) is 4.90. The number of nitrogens with zero attached hydrogens (tertiary/aromatic N) is 2. The lowest BCUT2D eigenvalue weighted by molar-refractivity contribution is -0.120. The molecule has 1 N–H and O–H groups in total. The lowest BCUT2D eigenvalue weighted by Crippen LogP contribution is -2.27. The van der Waals surface area contributed by atoms with Crippen LogP contribution in [0.15, 0.2) is 30.3 Å². The smallest absolute Gasteiger partial charge is 0.234 e. The number of amides is 1. The summed E-state index contributed by atoms with van der Waals surface area (Å²) in [5.41, 5.74) is 2.38. The molecule has 2 aliphatic rings. The van der Waals surface area contributed by atoms with Crippen LogP contribution in [0.1, 0.15) is 31.0 Å². The first-order valence-corrected chi connectivity index (χ1v) is 8.53. The zero-order valence-electron chi connectivity index (χ0n) is 12.8. The number of hydrogen-bond donors (Lipinski definition) is 1. The highest BCUT2D eigenvalue weighted by molar-refractivity contribution is 6.53. The van der Waals surface area contributed by atoms with Crippen molar-refractivity contribution in [1.29, 1.82) is 0 Å². The molecule has 0 radical (unpaired) electrons. The van der Waals surface area contributed by atoms with Crippen LogP contribution in [0.25, 0.3) is 5.69 Å². The van der Waals surface area contributed by atoms with E-state index in [1.165, 1.54) is 0 Å². The van der Waals surface area contributed by atoms with Gasteiger partial charge in [0.2, 0.25) is 5.91 Å². The molecule has 4 nitrogen and oxygen atoms in total. The Labute approximate surface area is 144 Å².